The average molecular weight is 291 g/mol. The van der Waals surface area contributed by atoms with E-state index in [0.717, 1.165) is 11.3 Å². The zero-order valence-electron chi connectivity index (χ0n) is 12.6. The third-order valence-electron chi connectivity index (χ3n) is 3.62. The molecule has 0 aromatic heterocycles. The summed E-state index contributed by atoms with van der Waals surface area (Å²) in [5.41, 5.74) is 0.455. The number of carboxylic acid groups (broad SMARTS) is 1. The van der Waals surface area contributed by atoms with Crippen molar-refractivity contribution in [3.8, 4) is 5.75 Å². The molecule has 1 unspecified atom stereocenters. The van der Waals surface area contributed by atoms with E-state index in [4.69, 9.17) is 9.84 Å². The molecule has 1 heterocycles. The highest BCUT2D eigenvalue weighted by molar-refractivity contribution is 5.86. The van der Waals surface area contributed by atoms with Crippen LogP contribution in [0.25, 0.3) is 0 Å². The van der Waals surface area contributed by atoms with Crippen LogP contribution in [0.2, 0.25) is 0 Å². The summed E-state index contributed by atoms with van der Waals surface area (Å²) in [5.74, 6) is -0.592. The highest BCUT2D eigenvalue weighted by Crippen LogP contribution is 2.35. The standard InChI is InChI=1S/C16H21NO4/c1-16(2,3)17(9-8-14(18)19)15(20)12-10-21-13-7-5-4-6-11(12)13/h4-7,12H,8-10H2,1-3H3,(H,18,19). The predicted octanol–water partition coefficient (Wildman–Crippen LogP) is 2.26. The first kappa shape index (κ1) is 15.4. The fourth-order valence-corrected chi connectivity index (χ4v) is 2.54. The molecule has 0 radical (unpaired) electrons. The van der Waals surface area contributed by atoms with Crippen molar-refractivity contribution in [2.75, 3.05) is 13.2 Å². The lowest BCUT2D eigenvalue weighted by Crippen LogP contribution is -2.48. The third kappa shape index (κ3) is 3.35. The second-order valence-corrected chi connectivity index (χ2v) is 6.21. The van der Waals surface area contributed by atoms with Crippen molar-refractivity contribution < 1.29 is 19.4 Å². The van der Waals surface area contributed by atoms with Gasteiger partial charge < -0.3 is 14.7 Å². The molecule has 1 N–H and O–H groups in total. The molecule has 2 rings (SSSR count). The van der Waals surface area contributed by atoms with Gasteiger partial charge in [-0.2, -0.15) is 0 Å². The number of benzene rings is 1. The molecule has 0 aliphatic carbocycles. The van der Waals surface area contributed by atoms with Gasteiger partial charge in [-0.05, 0) is 26.8 Å². The van der Waals surface area contributed by atoms with Gasteiger partial charge in [0.15, 0.2) is 0 Å². The Kier molecular flexibility index (Phi) is 4.21. The molecule has 1 atom stereocenters. The molecule has 5 heteroatoms. The maximum atomic E-state index is 12.8. The number of hydrogen-bond acceptors (Lipinski definition) is 3. The molecule has 1 amide bonds. The second-order valence-electron chi connectivity index (χ2n) is 6.21. The number of carbonyl (C=O) groups is 2. The molecule has 1 aromatic rings. The van der Waals surface area contributed by atoms with Gasteiger partial charge in [-0.25, -0.2) is 0 Å². The van der Waals surface area contributed by atoms with Gasteiger partial charge in [-0.3, -0.25) is 9.59 Å². The normalized spacial score (nSPS) is 17.0. The van der Waals surface area contributed by atoms with Gasteiger partial charge in [-0.15, -0.1) is 0 Å². The number of carbonyl (C=O) groups excluding carboxylic acids is 1. The smallest absolute Gasteiger partial charge is 0.305 e. The maximum absolute atomic E-state index is 12.8. The number of ether oxygens (including phenoxy) is 1. The van der Waals surface area contributed by atoms with Crippen LogP contribution in [0.15, 0.2) is 24.3 Å². The number of fused-ring (bicyclic) bond motifs is 1. The summed E-state index contributed by atoms with van der Waals surface area (Å²) in [5, 5.41) is 8.87. The minimum atomic E-state index is -0.903. The molecule has 0 saturated carbocycles. The number of para-hydroxylation sites is 1. The molecular weight excluding hydrogens is 270 g/mol. The van der Waals surface area contributed by atoms with E-state index >= 15 is 0 Å². The summed E-state index contributed by atoms with van der Waals surface area (Å²) in [6, 6.07) is 7.49. The lowest BCUT2D eigenvalue weighted by molar-refractivity contribution is -0.141. The molecule has 21 heavy (non-hydrogen) atoms. The van der Waals surface area contributed by atoms with Crippen LogP contribution in [0, 0.1) is 0 Å². The molecule has 0 spiro atoms. The molecule has 0 saturated heterocycles. The van der Waals surface area contributed by atoms with Crippen molar-refractivity contribution in [2.45, 2.75) is 38.6 Å². The minimum absolute atomic E-state index is 0.0573. The quantitative estimate of drug-likeness (QED) is 0.924. The van der Waals surface area contributed by atoms with Crippen LogP contribution >= 0.6 is 0 Å². The molecule has 0 fully saturated rings. The Bertz CT molecular complexity index is 547. The highest BCUT2D eigenvalue weighted by Gasteiger charge is 2.37. The first-order valence-electron chi connectivity index (χ1n) is 7.05. The van der Waals surface area contributed by atoms with Gasteiger partial charge in [0.25, 0.3) is 0 Å². The van der Waals surface area contributed by atoms with E-state index in [0.29, 0.717) is 6.61 Å². The summed E-state index contributed by atoms with van der Waals surface area (Å²) in [7, 11) is 0. The Hall–Kier alpha value is -2.04. The fraction of sp³-hybridized carbons (Fsp3) is 0.500. The predicted molar refractivity (Wildman–Crippen MR) is 78.4 cm³/mol. The van der Waals surface area contributed by atoms with Crippen molar-refractivity contribution in [1.29, 1.82) is 0 Å². The van der Waals surface area contributed by atoms with Crippen molar-refractivity contribution in [3.05, 3.63) is 29.8 Å². The van der Waals surface area contributed by atoms with Crippen molar-refractivity contribution in [1.82, 2.24) is 4.90 Å². The molecule has 0 bridgehead atoms. The van der Waals surface area contributed by atoms with E-state index in [9.17, 15) is 9.59 Å². The van der Waals surface area contributed by atoms with E-state index in [1.165, 1.54) is 0 Å². The monoisotopic (exact) mass is 291 g/mol. The van der Waals surface area contributed by atoms with Crippen LogP contribution in [0.4, 0.5) is 0 Å². The SMILES string of the molecule is CC(C)(C)N(CCC(=O)O)C(=O)C1COc2ccccc21. The van der Waals surface area contributed by atoms with Crippen LogP contribution in [0.1, 0.15) is 38.7 Å². The van der Waals surface area contributed by atoms with E-state index in [2.05, 4.69) is 0 Å². The Morgan fingerprint density at radius 2 is 2.00 bits per heavy atom. The molecule has 5 nitrogen and oxygen atoms in total. The first-order chi connectivity index (χ1) is 9.80. The lowest BCUT2D eigenvalue weighted by Gasteiger charge is -2.37. The van der Waals surface area contributed by atoms with Crippen molar-refractivity contribution >= 4 is 11.9 Å². The van der Waals surface area contributed by atoms with Gasteiger partial charge in [0, 0.05) is 17.6 Å². The van der Waals surface area contributed by atoms with Crippen LogP contribution in [-0.2, 0) is 9.59 Å². The van der Waals surface area contributed by atoms with E-state index in [1.54, 1.807) is 4.90 Å². The summed E-state index contributed by atoms with van der Waals surface area (Å²) >= 11 is 0. The summed E-state index contributed by atoms with van der Waals surface area (Å²) in [6.07, 6.45) is -0.0573. The Labute approximate surface area is 124 Å². The fourth-order valence-electron chi connectivity index (χ4n) is 2.54. The van der Waals surface area contributed by atoms with Crippen LogP contribution in [0.5, 0.6) is 5.75 Å². The van der Waals surface area contributed by atoms with E-state index in [-0.39, 0.29) is 24.8 Å². The number of amides is 1. The van der Waals surface area contributed by atoms with Gasteiger partial charge in [-0.1, -0.05) is 18.2 Å². The number of nitrogens with zero attached hydrogens (tertiary/aromatic N) is 1. The first-order valence-corrected chi connectivity index (χ1v) is 7.05. The number of rotatable bonds is 4. The topological polar surface area (TPSA) is 66.8 Å². The summed E-state index contributed by atoms with van der Waals surface area (Å²) in [4.78, 5) is 25.3. The van der Waals surface area contributed by atoms with Gasteiger partial charge in [0.1, 0.15) is 18.3 Å². The third-order valence-corrected chi connectivity index (χ3v) is 3.62. The Balaban J connectivity index is 2.21. The average Bonchev–Trinajstić information content (AvgIpc) is 2.80. The van der Waals surface area contributed by atoms with Crippen molar-refractivity contribution in [2.24, 2.45) is 0 Å². The largest absolute Gasteiger partial charge is 0.492 e. The lowest BCUT2D eigenvalue weighted by atomic mass is 9.96. The van der Waals surface area contributed by atoms with Crippen LogP contribution < -0.4 is 4.74 Å². The van der Waals surface area contributed by atoms with Crippen molar-refractivity contribution in [3.63, 3.8) is 0 Å². The molecular formula is C16H21NO4. The molecule has 1 aliphatic rings. The highest BCUT2D eigenvalue weighted by atomic mass is 16.5. The zero-order valence-corrected chi connectivity index (χ0v) is 12.6. The molecule has 114 valence electrons. The van der Waals surface area contributed by atoms with Gasteiger partial charge in [0.2, 0.25) is 5.91 Å². The Morgan fingerprint density at radius 3 is 2.62 bits per heavy atom. The number of hydrogen-bond donors (Lipinski definition) is 1. The Morgan fingerprint density at radius 1 is 1.33 bits per heavy atom. The summed E-state index contributed by atoms with van der Waals surface area (Å²) in [6.45, 7) is 6.26. The summed E-state index contributed by atoms with van der Waals surface area (Å²) < 4.78 is 5.56. The van der Waals surface area contributed by atoms with E-state index < -0.39 is 11.5 Å². The molecule has 1 aliphatic heterocycles. The van der Waals surface area contributed by atoms with E-state index in [1.807, 2.05) is 45.0 Å². The van der Waals surface area contributed by atoms with Gasteiger partial charge in [0.05, 0.1) is 6.42 Å². The zero-order chi connectivity index (χ0) is 15.6. The molecule has 1 aromatic carbocycles. The van der Waals surface area contributed by atoms with Crippen LogP contribution in [-0.4, -0.2) is 40.6 Å². The second kappa shape index (κ2) is 5.76. The van der Waals surface area contributed by atoms with Crippen LogP contribution in [0.3, 0.4) is 0 Å². The van der Waals surface area contributed by atoms with Gasteiger partial charge >= 0.3 is 5.97 Å². The number of aliphatic carboxylic acids is 1. The number of carboxylic acids is 1. The minimum Gasteiger partial charge on any atom is -0.492 e. The maximum Gasteiger partial charge on any atom is 0.305 e.